The van der Waals surface area contributed by atoms with Crippen LogP contribution in [0.4, 0.5) is 4.39 Å². The third-order valence-electron chi connectivity index (χ3n) is 3.69. The van der Waals surface area contributed by atoms with E-state index in [0.29, 0.717) is 12.8 Å². The molecule has 0 heterocycles. The number of carbonyl (C=O) groups excluding carboxylic acids is 1. The second-order valence-electron chi connectivity index (χ2n) is 4.54. The van der Waals surface area contributed by atoms with Crippen molar-refractivity contribution in [2.45, 2.75) is 38.5 Å². The first-order valence-electron chi connectivity index (χ1n) is 5.97. The van der Waals surface area contributed by atoms with Crippen LogP contribution >= 0.6 is 0 Å². The molecule has 98 valence electrons. The lowest BCUT2D eigenvalue weighted by atomic mass is 9.71. The molecule has 1 rings (SSSR count). The van der Waals surface area contributed by atoms with E-state index in [1.807, 2.05) is 0 Å². The van der Waals surface area contributed by atoms with Crippen LogP contribution in [0.3, 0.4) is 0 Å². The number of ether oxygens (including phenoxy) is 1. The lowest BCUT2D eigenvalue weighted by Crippen LogP contribution is -2.46. The lowest BCUT2D eigenvalue weighted by Gasteiger charge is -2.32. The molecule has 1 unspecified atom stereocenters. The Balaban J connectivity index is 3.00. The highest BCUT2D eigenvalue weighted by Crippen LogP contribution is 2.44. The molecule has 1 saturated carbocycles. The van der Waals surface area contributed by atoms with Crippen LogP contribution in [0.2, 0.25) is 0 Å². The van der Waals surface area contributed by atoms with E-state index in [2.05, 4.69) is 4.74 Å². The monoisotopic (exact) mass is 246 g/mol. The number of hydrogen-bond acceptors (Lipinski definition) is 3. The zero-order chi connectivity index (χ0) is 12.9. The summed E-state index contributed by atoms with van der Waals surface area (Å²) in [6, 6.07) is 0. The minimum absolute atomic E-state index is 0.0240. The Morgan fingerprint density at radius 2 is 2.00 bits per heavy atom. The SMILES string of the molecule is COC(=O)C(CCCF)(C(=O)O)C1CCCC1. The van der Waals surface area contributed by atoms with Crippen molar-refractivity contribution < 1.29 is 23.8 Å². The summed E-state index contributed by atoms with van der Waals surface area (Å²) in [5.41, 5.74) is -1.54. The van der Waals surface area contributed by atoms with Gasteiger partial charge in [0.25, 0.3) is 0 Å². The molecule has 0 aromatic carbocycles. The number of halogens is 1. The number of alkyl halides is 1. The maximum absolute atomic E-state index is 12.3. The number of rotatable bonds is 6. The largest absolute Gasteiger partial charge is 0.480 e. The van der Waals surface area contributed by atoms with Gasteiger partial charge in [0.2, 0.25) is 0 Å². The van der Waals surface area contributed by atoms with Gasteiger partial charge in [-0.2, -0.15) is 0 Å². The maximum Gasteiger partial charge on any atom is 0.323 e. The fraction of sp³-hybridized carbons (Fsp3) is 0.833. The fourth-order valence-corrected chi connectivity index (χ4v) is 2.79. The van der Waals surface area contributed by atoms with Crippen LogP contribution in [0.15, 0.2) is 0 Å². The molecule has 0 saturated heterocycles. The summed E-state index contributed by atoms with van der Waals surface area (Å²) < 4.78 is 16.9. The summed E-state index contributed by atoms with van der Waals surface area (Å²) in [4.78, 5) is 23.3. The predicted octanol–water partition coefficient (Wildman–Crippen LogP) is 2.17. The van der Waals surface area contributed by atoms with E-state index < -0.39 is 24.0 Å². The van der Waals surface area contributed by atoms with Gasteiger partial charge in [0.05, 0.1) is 13.8 Å². The fourth-order valence-electron chi connectivity index (χ4n) is 2.79. The molecule has 1 aliphatic carbocycles. The molecular weight excluding hydrogens is 227 g/mol. The van der Waals surface area contributed by atoms with Crippen LogP contribution in [-0.4, -0.2) is 30.8 Å². The van der Waals surface area contributed by atoms with Gasteiger partial charge in [-0.3, -0.25) is 14.0 Å². The highest BCUT2D eigenvalue weighted by atomic mass is 19.1. The van der Waals surface area contributed by atoms with Crippen LogP contribution < -0.4 is 0 Å². The van der Waals surface area contributed by atoms with Gasteiger partial charge in [0.15, 0.2) is 5.41 Å². The van der Waals surface area contributed by atoms with Crippen molar-refractivity contribution in [2.75, 3.05) is 13.8 Å². The number of carboxylic acid groups (broad SMARTS) is 1. The summed E-state index contributed by atoms with van der Waals surface area (Å²) in [5.74, 6) is -2.13. The Morgan fingerprint density at radius 1 is 1.41 bits per heavy atom. The highest BCUT2D eigenvalue weighted by Gasteiger charge is 2.53. The van der Waals surface area contributed by atoms with Crippen LogP contribution in [-0.2, 0) is 14.3 Å². The molecule has 0 aromatic heterocycles. The summed E-state index contributed by atoms with van der Waals surface area (Å²) >= 11 is 0. The van der Waals surface area contributed by atoms with E-state index in [0.717, 1.165) is 12.8 Å². The Hall–Kier alpha value is -1.13. The summed E-state index contributed by atoms with van der Waals surface area (Å²) in [7, 11) is 1.18. The first-order chi connectivity index (χ1) is 8.09. The third-order valence-corrected chi connectivity index (χ3v) is 3.69. The van der Waals surface area contributed by atoms with Crippen molar-refractivity contribution >= 4 is 11.9 Å². The Kier molecular flexibility index (Phi) is 4.90. The van der Waals surface area contributed by atoms with Crippen LogP contribution in [0.25, 0.3) is 0 Å². The predicted molar refractivity (Wildman–Crippen MR) is 59.3 cm³/mol. The van der Waals surface area contributed by atoms with Crippen molar-refractivity contribution in [3.05, 3.63) is 0 Å². The van der Waals surface area contributed by atoms with E-state index in [9.17, 15) is 19.1 Å². The molecule has 1 N–H and O–H groups in total. The van der Waals surface area contributed by atoms with E-state index in [1.165, 1.54) is 7.11 Å². The molecule has 1 aliphatic rings. The van der Waals surface area contributed by atoms with E-state index in [4.69, 9.17) is 0 Å². The van der Waals surface area contributed by atoms with Crippen molar-refractivity contribution in [2.24, 2.45) is 11.3 Å². The highest BCUT2D eigenvalue weighted by molar-refractivity contribution is 5.99. The quantitative estimate of drug-likeness (QED) is 0.576. The smallest absolute Gasteiger partial charge is 0.323 e. The summed E-state index contributed by atoms with van der Waals surface area (Å²) in [6.07, 6.45) is 3.36. The normalized spacial score (nSPS) is 19.9. The van der Waals surface area contributed by atoms with Crippen molar-refractivity contribution in [1.29, 1.82) is 0 Å². The number of methoxy groups -OCH3 is 1. The molecule has 0 radical (unpaired) electrons. The van der Waals surface area contributed by atoms with Crippen molar-refractivity contribution in [1.82, 2.24) is 0 Å². The molecule has 0 spiro atoms. The number of esters is 1. The van der Waals surface area contributed by atoms with Gasteiger partial charge in [0, 0.05) is 0 Å². The van der Waals surface area contributed by atoms with Gasteiger partial charge in [-0.25, -0.2) is 0 Å². The molecule has 0 amide bonds. The van der Waals surface area contributed by atoms with Crippen molar-refractivity contribution in [3.8, 4) is 0 Å². The molecule has 0 aliphatic heterocycles. The minimum Gasteiger partial charge on any atom is -0.480 e. The second kappa shape index (κ2) is 5.98. The maximum atomic E-state index is 12.3. The van der Waals surface area contributed by atoms with Crippen LogP contribution in [0, 0.1) is 11.3 Å². The Morgan fingerprint density at radius 3 is 2.41 bits per heavy atom. The van der Waals surface area contributed by atoms with Gasteiger partial charge in [-0.15, -0.1) is 0 Å². The van der Waals surface area contributed by atoms with Gasteiger partial charge in [-0.1, -0.05) is 12.8 Å². The first-order valence-corrected chi connectivity index (χ1v) is 5.97. The molecule has 4 nitrogen and oxygen atoms in total. The lowest BCUT2D eigenvalue weighted by molar-refractivity contribution is -0.172. The van der Waals surface area contributed by atoms with Gasteiger partial charge in [-0.05, 0) is 31.6 Å². The third kappa shape index (κ3) is 2.58. The molecular formula is C12H19FO4. The molecule has 5 heteroatoms. The molecule has 1 atom stereocenters. The molecule has 0 bridgehead atoms. The zero-order valence-electron chi connectivity index (χ0n) is 10.1. The van der Waals surface area contributed by atoms with Gasteiger partial charge >= 0.3 is 11.9 Å². The van der Waals surface area contributed by atoms with E-state index >= 15 is 0 Å². The summed E-state index contributed by atoms with van der Waals surface area (Å²) in [5, 5.41) is 9.39. The van der Waals surface area contributed by atoms with E-state index in [-0.39, 0.29) is 18.8 Å². The second-order valence-corrected chi connectivity index (χ2v) is 4.54. The Bertz CT molecular complexity index is 286. The van der Waals surface area contributed by atoms with Crippen LogP contribution in [0.1, 0.15) is 38.5 Å². The standard InChI is InChI=1S/C12H19FO4/c1-17-11(16)12(10(14)15,7-4-8-13)9-5-2-3-6-9/h9H,2-8H2,1H3,(H,14,15). The topological polar surface area (TPSA) is 63.6 Å². The van der Waals surface area contributed by atoms with Crippen LogP contribution in [0.5, 0.6) is 0 Å². The average Bonchev–Trinajstić information content (AvgIpc) is 2.83. The summed E-state index contributed by atoms with van der Waals surface area (Å²) in [6.45, 7) is -0.612. The Labute approximate surface area is 100 Å². The van der Waals surface area contributed by atoms with Gasteiger partial charge < -0.3 is 9.84 Å². The number of carbonyl (C=O) groups is 2. The molecule has 0 aromatic rings. The minimum atomic E-state index is -1.54. The zero-order valence-corrected chi connectivity index (χ0v) is 10.1. The van der Waals surface area contributed by atoms with E-state index in [1.54, 1.807) is 0 Å². The van der Waals surface area contributed by atoms with Gasteiger partial charge in [0.1, 0.15) is 0 Å². The number of aliphatic carboxylic acids is 1. The average molecular weight is 246 g/mol. The molecule has 17 heavy (non-hydrogen) atoms. The number of carboxylic acids is 1. The first kappa shape index (κ1) is 13.9. The number of hydrogen-bond donors (Lipinski definition) is 1. The molecule has 1 fully saturated rings. The van der Waals surface area contributed by atoms with Crippen molar-refractivity contribution in [3.63, 3.8) is 0 Å².